The minimum absolute atomic E-state index is 0.0359. The van der Waals surface area contributed by atoms with Crippen LogP contribution in [0, 0.1) is 5.92 Å². The van der Waals surface area contributed by atoms with Crippen molar-refractivity contribution >= 4 is 5.91 Å². The Hall–Kier alpha value is -3.15. The van der Waals surface area contributed by atoms with Crippen molar-refractivity contribution in [2.75, 3.05) is 13.1 Å². The zero-order valence-corrected chi connectivity index (χ0v) is 16.8. The standard InChI is InChI=1S/C23H25N5O/c1-16(2)23(29)28-13-8-18(9-14-28)21-19(17-6-11-24-12-7-17)15-26-22(27-21)20-5-3-4-10-25-20/h3-7,10-12,15-16,18H,8-9,13-14H2,1-2H3. The number of piperidine rings is 1. The van der Waals surface area contributed by atoms with E-state index in [1.807, 2.05) is 55.3 Å². The lowest BCUT2D eigenvalue weighted by molar-refractivity contribution is -0.135. The third-order valence-corrected chi connectivity index (χ3v) is 5.39. The number of likely N-dealkylation sites (tertiary alicyclic amines) is 1. The average molecular weight is 387 g/mol. The van der Waals surface area contributed by atoms with Gasteiger partial charge in [-0.15, -0.1) is 0 Å². The van der Waals surface area contributed by atoms with Gasteiger partial charge in [0.2, 0.25) is 5.91 Å². The largest absolute Gasteiger partial charge is 0.342 e. The van der Waals surface area contributed by atoms with Crippen LogP contribution in [0.3, 0.4) is 0 Å². The fourth-order valence-electron chi connectivity index (χ4n) is 3.82. The van der Waals surface area contributed by atoms with E-state index in [0.717, 1.165) is 48.4 Å². The second-order valence-corrected chi connectivity index (χ2v) is 7.70. The van der Waals surface area contributed by atoms with Gasteiger partial charge in [0.1, 0.15) is 5.69 Å². The van der Waals surface area contributed by atoms with Gasteiger partial charge < -0.3 is 4.90 Å². The maximum atomic E-state index is 12.4. The molecule has 0 N–H and O–H groups in total. The van der Waals surface area contributed by atoms with Gasteiger partial charge in [0.15, 0.2) is 5.82 Å². The lowest BCUT2D eigenvalue weighted by Gasteiger charge is -2.33. The number of nitrogens with zero attached hydrogens (tertiary/aromatic N) is 5. The Morgan fingerprint density at radius 1 is 1.03 bits per heavy atom. The van der Waals surface area contributed by atoms with E-state index in [9.17, 15) is 4.79 Å². The van der Waals surface area contributed by atoms with Gasteiger partial charge in [-0.25, -0.2) is 9.97 Å². The summed E-state index contributed by atoms with van der Waals surface area (Å²) in [5.41, 5.74) is 3.88. The van der Waals surface area contributed by atoms with Gasteiger partial charge in [0.05, 0.1) is 5.69 Å². The summed E-state index contributed by atoms with van der Waals surface area (Å²) in [6.45, 7) is 5.44. The summed E-state index contributed by atoms with van der Waals surface area (Å²) in [5.74, 6) is 1.18. The summed E-state index contributed by atoms with van der Waals surface area (Å²) in [5, 5.41) is 0. The Bertz CT molecular complexity index is 967. The van der Waals surface area contributed by atoms with Gasteiger partial charge in [-0.1, -0.05) is 19.9 Å². The Morgan fingerprint density at radius 2 is 1.79 bits per heavy atom. The molecule has 0 unspecified atom stereocenters. The van der Waals surface area contributed by atoms with Crippen LogP contribution in [0.5, 0.6) is 0 Å². The molecule has 1 fully saturated rings. The van der Waals surface area contributed by atoms with Gasteiger partial charge in [-0.2, -0.15) is 0 Å². The second-order valence-electron chi connectivity index (χ2n) is 7.70. The molecule has 1 saturated heterocycles. The van der Waals surface area contributed by atoms with E-state index in [4.69, 9.17) is 4.98 Å². The molecular formula is C23H25N5O. The Balaban J connectivity index is 1.67. The highest BCUT2D eigenvalue weighted by molar-refractivity contribution is 5.78. The minimum Gasteiger partial charge on any atom is -0.342 e. The minimum atomic E-state index is 0.0359. The molecule has 3 aromatic rings. The van der Waals surface area contributed by atoms with Crippen LogP contribution in [0.25, 0.3) is 22.6 Å². The molecule has 0 spiro atoms. The fraction of sp³-hybridized carbons (Fsp3) is 0.348. The molecule has 6 heteroatoms. The molecule has 0 saturated carbocycles. The zero-order valence-electron chi connectivity index (χ0n) is 16.8. The fourth-order valence-corrected chi connectivity index (χ4v) is 3.82. The van der Waals surface area contributed by atoms with Crippen LogP contribution < -0.4 is 0 Å². The van der Waals surface area contributed by atoms with Crippen molar-refractivity contribution in [1.82, 2.24) is 24.8 Å². The van der Waals surface area contributed by atoms with Gasteiger partial charge in [-0.05, 0) is 42.7 Å². The molecule has 0 bridgehead atoms. The number of pyridine rings is 2. The van der Waals surface area contributed by atoms with Crippen molar-refractivity contribution in [1.29, 1.82) is 0 Å². The first-order chi connectivity index (χ1) is 14.1. The van der Waals surface area contributed by atoms with Crippen molar-refractivity contribution in [3.63, 3.8) is 0 Å². The van der Waals surface area contributed by atoms with Gasteiger partial charge in [-0.3, -0.25) is 14.8 Å². The van der Waals surface area contributed by atoms with E-state index >= 15 is 0 Å². The number of hydrogen-bond donors (Lipinski definition) is 0. The third kappa shape index (κ3) is 4.16. The van der Waals surface area contributed by atoms with Crippen LogP contribution in [0.4, 0.5) is 0 Å². The van der Waals surface area contributed by atoms with Crippen LogP contribution in [0.15, 0.2) is 55.1 Å². The first-order valence-electron chi connectivity index (χ1n) is 10.1. The highest BCUT2D eigenvalue weighted by Gasteiger charge is 2.28. The van der Waals surface area contributed by atoms with Crippen molar-refractivity contribution in [3.8, 4) is 22.6 Å². The topological polar surface area (TPSA) is 71.9 Å². The van der Waals surface area contributed by atoms with Gasteiger partial charge in [0, 0.05) is 55.3 Å². The summed E-state index contributed by atoms with van der Waals surface area (Å²) < 4.78 is 0. The second kappa shape index (κ2) is 8.47. The zero-order chi connectivity index (χ0) is 20.2. The van der Waals surface area contributed by atoms with Crippen molar-refractivity contribution < 1.29 is 4.79 Å². The smallest absolute Gasteiger partial charge is 0.225 e. The maximum absolute atomic E-state index is 12.4. The monoisotopic (exact) mass is 387 g/mol. The van der Waals surface area contributed by atoms with Crippen LogP contribution in [0.1, 0.15) is 38.3 Å². The normalized spacial score (nSPS) is 14.9. The summed E-state index contributed by atoms with van der Waals surface area (Å²) in [6, 6.07) is 9.73. The molecule has 4 heterocycles. The number of hydrogen-bond acceptors (Lipinski definition) is 5. The van der Waals surface area contributed by atoms with Crippen LogP contribution >= 0.6 is 0 Å². The number of aromatic nitrogens is 4. The molecule has 29 heavy (non-hydrogen) atoms. The Labute approximate surface area is 171 Å². The molecule has 1 aliphatic rings. The average Bonchev–Trinajstić information content (AvgIpc) is 2.79. The first kappa shape index (κ1) is 19.2. The maximum Gasteiger partial charge on any atom is 0.225 e. The number of rotatable bonds is 4. The van der Waals surface area contributed by atoms with E-state index in [0.29, 0.717) is 5.82 Å². The Kier molecular flexibility index (Phi) is 5.60. The van der Waals surface area contributed by atoms with E-state index in [-0.39, 0.29) is 17.7 Å². The van der Waals surface area contributed by atoms with Crippen molar-refractivity contribution in [2.24, 2.45) is 5.92 Å². The van der Waals surface area contributed by atoms with E-state index in [1.54, 1.807) is 18.6 Å². The molecule has 3 aromatic heterocycles. The van der Waals surface area contributed by atoms with Crippen molar-refractivity contribution in [2.45, 2.75) is 32.6 Å². The van der Waals surface area contributed by atoms with Gasteiger partial charge in [0.25, 0.3) is 0 Å². The third-order valence-electron chi connectivity index (χ3n) is 5.39. The van der Waals surface area contributed by atoms with Crippen LogP contribution in [-0.2, 0) is 4.79 Å². The molecule has 1 amide bonds. The lowest BCUT2D eigenvalue weighted by Crippen LogP contribution is -2.40. The number of carbonyl (C=O) groups excluding carboxylic acids is 1. The summed E-state index contributed by atoms with van der Waals surface area (Å²) in [7, 11) is 0. The van der Waals surface area contributed by atoms with Crippen LogP contribution in [0.2, 0.25) is 0 Å². The predicted molar refractivity (Wildman–Crippen MR) is 112 cm³/mol. The molecule has 4 rings (SSSR count). The molecular weight excluding hydrogens is 362 g/mol. The molecule has 0 aromatic carbocycles. The van der Waals surface area contributed by atoms with Crippen LogP contribution in [-0.4, -0.2) is 43.8 Å². The van der Waals surface area contributed by atoms with Gasteiger partial charge >= 0.3 is 0 Å². The summed E-state index contributed by atoms with van der Waals surface area (Å²) in [6.07, 6.45) is 9.02. The molecule has 0 radical (unpaired) electrons. The number of amides is 1. The molecule has 1 aliphatic heterocycles. The first-order valence-corrected chi connectivity index (χ1v) is 10.1. The molecule has 6 nitrogen and oxygen atoms in total. The lowest BCUT2D eigenvalue weighted by atomic mass is 9.88. The summed E-state index contributed by atoms with van der Waals surface area (Å²) in [4.78, 5) is 32.4. The predicted octanol–water partition coefficient (Wildman–Crippen LogP) is 3.96. The molecule has 0 atom stereocenters. The van der Waals surface area contributed by atoms with E-state index in [1.165, 1.54) is 0 Å². The van der Waals surface area contributed by atoms with E-state index < -0.39 is 0 Å². The molecule has 148 valence electrons. The summed E-state index contributed by atoms with van der Waals surface area (Å²) >= 11 is 0. The Morgan fingerprint density at radius 3 is 2.45 bits per heavy atom. The SMILES string of the molecule is CC(C)C(=O)N1CCC(c2nc(-c3ccccn3)ncc2-c2ccncc2)CC1. The number of carbonyl (C=O) groups is 1. The quantitative estimate of drug-likeness (QED) is 0.677. The van der Waals surface area contributed by atoms with Crippen molar-refractivity contribution in [3.05, 3.63) is 60.8 Å². The molecule has 0 aliphatic carbocycles. The highest BCUT2D eigenvalue weighted by atomic mass is 16.2. The highest BCUT2D eigenvalue weighted by Crippen LogP contribution is 2.35. The van der Waals surface area contributed by atoms with E-state index in [2.05, 4.69) is 15.0 Å².